The molecule has 142 valence electrons. The second kappa shape index (κ2) is 7.82. The summed E-state index contributed by atoms with van der Waals surface area (Å²) in [6.07, 6.45) is 5.70. The van der Waals surface area contributed by atoms with Gasteiger partial charge in [-0.15, -0.1) is 0 Å². The Morgan fingerprint density at radius 3 is 2.68 bits per heavy atom. The Morgan fingerprint density at radius 1 is 1.07 bits per heavy atom. The lowest BCUT2D eigenvalue weighted by molar-refractivity contribution is 0.414. The Balaban J connectivity index is 1.52. The molecule has 0 aliphatic carbocycles. The van der Waals surface area contributed by atoms with Gasteiger partial charge in [0.25, 0.3) is 0 Å². The maximum atomic E-state index is 5.24. The lowest BCUT2D eigenvalue weighted by Crippen LogP contribution is -2.18. The van der Waals surface area contributed by atoms with Crippen LogP contribution in [0.4, 0.5) is 0 Å². The van der Waals surface area contributed by atoms with Crippen LogP contribution < -0.4 is 10.1 Å². The summed E-state index contributed by atoms with van der Waals surface area (Å²) in [5.41, 5.74) is 4.62. The smallest absolute Gasteiger partial charge is 0.119 e. The predicted octanol–water partition coefficient (Wildman–Crippen LogP) is 4.59. The van der Waals surface area contributed by atoms with Gasteiger partial charge in [-0.1, -0.05) is 18.2 Å². The van der Waals surface area contributed by atoms with E-state index in [-0.39, 0.29) is 6.04 Å². The zero-order valence-electron chi connectivity index (χ0n) is 16.4. The van der Waals surface area contributed by atoms with Crippen LogP contribution in [0.1, 0.15) is 29.8 Å². The first kappa shape index (κ1) is 18.2. The molecule has 0 amide bonds. The molecule has 2 aromatic heterocycles. The van der Waals surface area contributed by atoms with Crippen LogP contribution in [-0.4, -0.2) is 21.9 Å². The molecular formula is C23H24N4O. The van der Waals surface area contributed by atoms with Gasteiger partial charge < -0.3 is 10.1 Å². The number of hydrogen-bond acceptors (Lipinski definition) is 4. The van der Waals surface area contributed by atoms with Gasteiger partial charge in [0.15, 0.2) is 0 Å². The minimum atomic E-state index is 0.184. The highest BCUT2D eigenvalue weighted by Crippen LogP contribution is 2.23. The standard InChI is InChI=1S/C23H24N4O/c1-16(25-14-19-6-4-5-18-13-24-12-11-22(18)19)23-15-26-27(17(23)2)20-7-9-21(28-3)10-8-20/h4-13,15-16,25H,14H2,1-3H3/t16-/m1/s1. The molecule has 5 heteroatoms. The van der Waals surface area contributed by atoms with Crippen LogP contribution in [0.3, 0.4) is 0 Å². The van der Waals surface area contributed by atoms with Crippen molar-refractivity contribution in [2.24, 2.45) is 0 Å². The van der Waals surface area contributed by atoms with Gasteiger partial charge in [0.1, 0.15) is 5.75 Å². The van der Waals surface area contributed by atoms with E-state index in [0.717, 1.165) is 29.1 Å². The SMILES string of the molecule is COc1ccc(-n2ncc([C@@H](C)NCc3cccc4cnccc34)c2C)cc1. The van der Waals surface area contributed by atoms with Gasteiger partial charge in [-0.3, -0.25) is 4.98 Å². The van der Waals surface area contributed by atoms with Crippen molar-refractivity contribution in [3.8, 4) is 11.4 Å². The molecule has 0 aliphatic rings. The van der Waals surface area contributed by atoms with Gasteiger partial charge in [-0.25, -0.2) is 4.68 Å². The molecule has 0 radical (unpaired) electrons. The summed E-state index contributed by atoms with van der Waals surface area (Å²) in [6, 6.07) is 16.5. The van der Waals surface area contributed by atoms with Crippen molar-refractivity contribution in [2.75, 3.05) is 7.11 Å². The molecule has 0 saturated carbocycles. The van der Waals surface area contributed by atoms with E-state index in [1.54, 1.807) is 7.11 Å². The van der Waals surface area contributed by atoms with E-state index in [9.17, 15) is 0 Å². The largest absolute Gasteiger partial charge is 0.497 e. The zero-order chi connectivity index (χ0) is 19.5. The summed E-state index contributed by atoms with van der Waals surface area (Å²) in [7, 11) is 1.67. The Hall–Kier alpha value is -3.18. The lowest BCUT2D eigenvalue weighted by Gasteiger charge is -2.15. The number of ether oxygens (including phenoxy) is 1. The Bertz CT molecular complexity index is 1080. The van der Waals surface area contributed by atoms with Crippen molar-refractivity contribution in [3.05, 3.63) is 83.9 Å². The molecule has 28 heavy (non-hydrogen) atoms. The molecule has 0 fully saturated rings. The quantitative estimate of drug-likeness (QED) is 0.538. The summed E-state index contributed by atoms with van der Waals surface area (Å²) in [5.74, 6) is 0.842. The molecule has 2 aromatic carbocycles. The number of benzene rings is 2. The fraction of sp³-hybridized carbons (Fsp3) is 0.217. The average Bonchev–Trinajstić information content (AvgIpc) is 3.13. The van der Waals surface area contributed by atoms with E-state index in [4.69, 9.17) is 4.74 Å². The predicted molar refractivity (Wildman–Crippen MR) is 112 cm³/mol. The fourth-order valence-electron chi connectivity index (χ4n) is 3.55. The first-order chi connectivity index (χ1) is 13.7. The molecular weight excluding hydrogens is 348 g/mol. The van der Waals surface area contributed by atoms with Crippen LogP contribution in [0.25, 0.3) is 16.5 Å². The van der Waals surface area contributed by atoms with Crippen LogP contribution in [0.5, 0.6) is 5.75 Å². The Kier molecular flexibility index (Phi) is 5.08. The molecule has 0 saturated heterocycles. The molecule has 0 unspecified atom stereocenters. The molecule has 5 nitrogen and oxygen atoms in total. The van der Waals surface area contributed by atoms with Crippen LogP contribution in [0.2, 0.25) is 0 Å². The Morgan fingerprint density at radius 2 is 1.89 bits per heavy atom. The maximum Gasteiger partial charge on any atom is 0.119 e. The number of rotatable bonds is 6. The van der Waals surface area contributed by atoms with Crippen LogP contribution in [0, 0.1) is 6.92 Å². The van der Waals surface area contributed by atoms with E-state index < -0.39 is 0 Å². The fourth-order valence-corrected chi connectivity index (χ4v) is 3.55. The van der Waals surface area contributed by atoms with Gasteiger partial charge in [-0.2, -0.15) is 5.10 Å². The summed E-state index contributed by atoms with van der Waals surface area (Å²) < 4.78 is 7.21. The topological polar surface area (TPSA) is 52.0 Å². The summed E-state index contributed by atoms with van der Waals surface area (Å²) in [5, 5.41) is 10.6. The summed E-state index contributed by atoms with van der Waals surface area (Å²) in [4.78, 5) is 4.21. The second-order valence-corrected chi connectivity index (χ2v) is 6.91. The summed E-state index contributed by atoms with van der Waals surface area (Å²) in [6.45, 7) is 5.07. The van der Waals surface area contributed by atoms with Crippen LogP contribution >= 0.6 is 0 Å². The molecule has 1 atom stereocenters. The van der Waals surface area contributed by atoms with Crippen molar-refractivity contribution in [2.45, 2.75) is 26.4 Å². The number of nitrogens with one attached hydrogen (secondary N) is 1. The number of methoxy groups -OCH3 is 1. The first-order valence-electron chi connectivity index (χ1n) is 9.41. The van der Waals surface area contributed by atoms with E-state index in [0.29, 0.717) is 0 Å². The minimum absolute atomic E-state index is 0.184. The third kappa shape index (κ3) is 3.49. The first-order valence-corrected chi connectivity index (χ1v) is 9.41. The van der Waals surface area contributed by atoms with Crippen molar-refractivity contribution in [1.82, 2.24) is 20.1 Å². The number of pyridine rings is 1. The summed E-state index contributed by atoms with van der Waals surface area (Å²) >= 11 is 0. The van der Waals surface area contributed by atoms with Crippen molar-refractivity contribution in [3.63, 3.8) is 0 Å². The van der Waals surface area contributed by atoms with E-state index in [1.807, 2.05) is 47.5 Å². The lowest BCUT2D eigenvalue weighted by atomic mass is 10.1. The van der Waals surface area contributed by atoms with E-state index >= 15 is 0 Å². The van der Waals surface area contributed by atoms with Crippen LogP contribution in [-0.2, 0) is 6.54 Å². The van der Waals surface area contributed by atoms with Crippen molar-refractivity contribution >= 4 is 10.8 Å². The minimum Gasteiger partial charge on any atom is -0.497 e. The van der Waals surface area contributed by atoms with Crippen molar-refractivity contribution < 1.29 is 4.74 Å². The highest BCUT2D eigenvalue weighted by Gasteiger charge is 2.14. The monoisotopic (exact) mass is 372 g/mol. The highest BCUT2D eigenvalue weighted by atomic mass is 16.5. The molecule has 0 bridgehead atoms. The van der Waals surface area contributed by atoms with Crippen molar-refractivity contribution in [1.29, 1.82) is 0 Å². The third-order valence-electron chi connectivity index (χ3n) is 5.20. The number of aromatic nitrogens is 3. The van der Waals surface area contributed by atoms with E-state index in [2.05, 4.69) is 53.5 Å². The molecule has 4 aromatic rings. The Labute approximate surface area is 165 Å². The highest BCUT2D eigenvalue weighted by molar-refractivity contribution is 5.84. The van der Waals surface area contributed by atoms with Crippen LogP contribution in [0.15, 0.2) is 67.1 Å². The second-order valence-electron chi connectivity index (χ2n) is 6.91. The third-order valence-corrected chi connectivity index (χ3v) is 5.20. The van der Waals surface area contributed by atoms with Gasteiger partial charge >= 0.3 is 0 Å². The molecule has 2 heterocycles. The molecule has 0 aliphatic heterocycles. The number of hydrogen-bond donors (Lipinski definition) is 1. The average molecular weight is 372 g/mol. The van der Waals surface area contributed by atoms with E-state index in [1.165, 1.54) is 16.5 Å². The number of nitrogens with zero attached hydrogens (tertiary/aromatic N) is 3. The van der Waals surface area contributed by atoms with Gasteiger partial charge in [0.2, 0.25) is 0 Å². The van der Waals surface area contributed by atoms with Gasteiger partial charge in [0.05, 0.1) is 19.0 Å². The van der Waals surface area contributed by atoms with Gasteiger partial charge in [-0.05, 0) is 55.1 Å². The molecule has 4 rings (SSSR count). The van der Waals surface area contributed by atoms with Gasteiger partial charge in [0, 0.05) is 41.6 Å². The zero-order valence-corrected chi connectivity index (χ0v) is 16.4. The molecule has 1 N–H and O–H groups in total. The molecule has 0 spiro atoms. The normalized spacial score (nSPS) is 12.2. The maximum absolute atomic E-state index is 5.24. The number of fused-ring (bicyclic) bond motifs is 1.